The van der Waals surface area contributed by atoms with Crippen LogP contribution in [-0.4, -0.2) is 5.78 Å². The SMILES string of the molecule is Cc1ccc(C(=O)c2cc(C(F)(F)F)ccc2N)cc1. The van der Waals surface area contributed by atoms with Crippen molar-refractivity contribution >= 4 is 11.5 Å². The molecule has 2 N–H and O–H groups in total. The molecule has 0 bridgehead atoms. The van der Waals surface area contributed by atoms with Gasteiger partial charge >= 0.3 is 6.18 Å². The Morgan fingerprint density at radius 2 is 1.65 bits per heavy atom. The number of anilines is 1. The number of nitrogen functional groups attached to an aromatic ring is 1. The van der Waals surface area contributed by atoms with Gasteiger partial charge in [0.2, 0.25) is 0 Å². The predicted octanol–water partition coefficient (Wildman–Crippen LogP) is 3.83. The van der Waals surface area contributed by atoms with Crippen molar-refractivity contribution in [1.82, 2.24) is 0 Å². The molecule has 2 aromatic carbocycles. The molecule has 5 heteroatoms. The van der Waals surface area contributed by atoms with E-state index >= 15 is 0 Å². The number of alkyl halides is 3. The number of halogens is 3. The number of aryl methyl sites for hydroxylation is 1. The van der Waals surface area contributed by atoms with E-state index in [2.05, 4.69) is 0 Å². The van der Waals surface area contributed by atoms with Gasteiger partial charge in [0.1, 0.15) is 0 Å². The van der Waals surface area contributed by atoms with Crippen LogP contribution >= 0.6 is 0 Å². The molecule has 0 aliphatic heterocycles. The molecule has 0 radical (unpaired) electrons. The van der Waals surface area contributed by atoms with E-state index in [4.69, 9.17) is 5.73 Å². The molecule has 0 amide bonds. The van der Waals surface area contributed by atoms with Crippen LogP contribution in [0, 0.1) is 6.92 Å². The highest BCUT2D eigenvalue weighted by Crippen LogP contribution is 2.31. The van der Waals surface area contributed by atoms with Gasteiger partial charge in [0.25, 0.3) is 0 Å². The molecule has 0 aliphatic rings. The number of hydrogen-bond acceptors (Lipinski definition) is 2. The van der Waals surface area contributed by atoms with E-state index in [0.717, 1.165) is 23.8 Å². The molecule has 2 aromatic rings. The maximum atomic E-state index is 12.7. The molecule has 0 saturated heterocycles. The Kier molecular flexibility index (Phi) is 3.53. The molecule has 0 saturated carbocycles. The minimum absolute atomic E-state index is 0.0311. The standard InChI is InChI=1S/C15H12F3NO/c1-9-2-4-10(5-3-9)14(20)12-8-11(15(16,17)18)6-7-13(12)19/h2-8H,19H2,1H3. The molecule has 0 heterocycles. The number of ketones is 1. The van der Waals surface area contributed by atoms with Crippen molar-refractivity contribution in [2.45, 2.75) is 13.1 Å². The van der Waals surface area contributed by atoms with Gasteiger partial charge in [0.05, 0.1) is 5.56 Å². The summed E-state index contributed by atoms with van der Waals surface area (Å²) < 4.78 is 38.0. The van der Waals surface area contributed by atoms with Crippen molar-refractivity contribution in [3.05, 3.63) is 64.7 Å². The topological polar surface area (TPSA) is 43.1 Å². The van der Waals surface area contributed by atoms with Gasteiger partial charge in [-0.05, 0) is 25.1 Å². The van der Waals surface area contributed by atoms with Crippen LogP contribution in [0.1, 0.15) is 27.0 Å². The molecule has 2 rings (SSSR count). The molecule has 104 valence electrons. The molecular formula is C15H12F3NO. The fourth-order valence-electron chi connectivity index (χ4n) is 1.79. The van der Waals surface area contributed by atoms with E-state index in [0.29, 0.717) is 5.56 Å². The minimum atomic E-state index is -4.50. The Morgan fingerprint density at radius 1 is 1.05 bits per heavy atom. The Balaban J connectivity index is 2.46. The van der Waals surface area contributed by atoms with Crippen LogP contribution in [0.25, 0.3) is 0 Å². The minimum Gasteiger partial charge on any atom is -0.398 e. The lowest BCUT2D eigenvalue weighted by Crippen LogP contribution is -2.10. The Labute approximate surface area is 114 Å². The number of benzene rings is 2. The lowest BCUT2D eigenvalue weighted by atomic mass is 9.99. The van der Waals surface area contributed by atoms with Crippen LogP contribution in [0.5, 0.6) is 0 Å². The lowest BCUT2D eigenvalue weighted by Gasteiger charge is -2.10. The van der Waals surface area contributed by atoms with Crippen LogP contribution in [0.15, 0.2) is 42.5 Å². The fraction of sp³-hybridized carbons (Fsp3) is 0.133. The first-order chi connectivity index (χ1) is 9.29. The first kappa shape index (κ1) is 14.1. The van der Waals surface area contributed by atoms with E-state index in [1.54, 1.807) is 24.3 Å². The summed E-state index contributed by atoms with van der Waals surface area (Å²) in [7, 11) is 0. The second kappa shape index (κ2) is 5.00. The van der Waals surface area contributed by atoms with E-state index in [1.807, 2.05) is 6.92 Å². The molecule has 0 atom stereocenters. The number of nitrogens with two attached hydrogens (primary N) is 1. The first-order valence-corrected chi connectivity index (χ1v) is 5.87. The van der Waals surface area contributed by atoms with Gasteiger partial charge in [-0.15, -0.1) is 0 Å². The average Bonchev–Trinajstić information content (AvgIpc) is 2.38. The fourth-order valence-corrected chi connectivity index (χ4v) is 1.79. The second-order valence-electron chi connectivity index (χ2n) is 4.49. The summed E-state index contributed by atoms with van der Waals surface area (Å²) >= 11 is 0. The highest BCUT2D eigenvalue weighted by molar-refractivity contribution is 6.12. The normalized spacial score (nSPS) is 11.4. The van der Waals surface area contributed by atoms with Crippen molar-refractivity contribution in [3.63, 3.8) is 0 Å². The van der Waals surface area contributed by atoms with E-state index in [-0.39, 0.29) is 11.3 Å². The maximum Gasteiger partial charge on any atom is 0.416 e. The number of carbonyl (C=O) groups excluding carboxylic acids is 1. The molecular weight excluding hydrogens is 267 g/mol. The third-order valence-electron chi connectivity index (χ3n) is 2.94. The third kappa shape index (κ3) is 2.82. The van der Waals surface area contributed by atoms with Crippen molar-refractivity contribution in [2.75, 3.05) is 5.73 Å². The summed E-state index contributed by atoms with van der Waals surface area (Å²) in [5.74, 6) is -0.520. The van der Waals surface area contributed by atoms with Crippen molar-refractivity contribution < 1.29 is 18.0 Å². The first-order valence-electron chi connectivity index (χ1n) is 5.87. The maximum absolute atomic E-state index is 12.7. The van der Waals surface area contributed by atoms with E-state index in [9.17, 15) is 18.0 Å². The van der Waals surface area contributed by atoms with Gasteiger partial charge in [0.15, 0.2) is 5.78 Å². The molecule has 0 spiro atoms. The van der Waals surface area contributed by atoms with Crippen LogP contribution in [0.3, 0.4) is 0 Å². The molecule has 0 aromatic heterocycles. The summed E-state index contributed by atoms with van der Waals surface area (Å²) in [4.78, 5) is 12.2. The Hall–Kier alpha value is -2.30. The summed E-state index contributed by atoms with van der Waals surface area (Å²) in [6, 6.07) is 9.33. The smallest absolute Gasteiger partial charge is 0.398 e. The van der Waals surface area contributed by atoms with Gasteiger partial charge in [0, 0.05) is 16.8 Å². The van der Waals surface area contributed by atoms with Crippen LogP contribution in [0.4, 0.5) is 18.9 Å². The van der Waals surface area contributed by atoms with E-state index in [1.165, 1.54) is 0 Å². The van der Waals surface area contributed by atoms with Gasteiger partial charge in [-0.2, -0.15) is 13.2 Å². The van der Waals surface area contributed by atoms with E-state index < -0.39 is 17.5 Å². The van der Waals surface area contributed by atoms with Gasteiger partial charge < -0.3 is 5.73 Å². The summed E-state index contributed by atoms with van der Waals surface area (Å²) in [5.41, 5.74) is 5.89. The number of carbonyl (C=O) groups is 1. The average molecular weight is 279 g/mol. The summed E-state index contributed by atoms with van der Waals surface area (Å²) in [6.45, 7) is 1.85. The summed E-state index contributed by atoms with van der Waals surface area (Å²) in [6.07, 6.45) is -4.50. The van der Waals surface area contributed by atoms with Crippen LogP contribution < -0.4 is 5.73 Å². The molecule has 0 fully saturated rings. The van der Waals surface area contributed by atoms with Gasteiger partial charge in [-0.25, -0.2) is 0 Å². The van der Waals surface area contributed by atoms with Gasteiger partial charge in [-0.1, -0.05) is 29.8 Å². The highest BCUT2D eigenvalue weighted by atomic mass is 19.4. The molecule has 0 aliphatic carbocycles. The zero-order chi connectivity index (χ0) is 14.9. The third-order valence-corrected chi connectivity index (χ3v) is 2.94. The Bertz CT molecular complexity index is 645. The largest absolute Gasteiger partial charge is 0.416 e. The lowest BCUT2D eigenvalue weighted by molar-refractivity contribution is -0.137. The quantitative estimate of drug-likeness (QED) is 0.670. The molecule has 20 heavy (non-hydrogen) atoms. The zero-order valence-electron chi connectivity index (χ0n) is 10.7. The second-order valence-corrected chi connectivity index (χ2v) is 4.49. The monoisotopic (exact) mass is 279 g/mol. The number of hydrogen-bond donors (Lipinski definition) is 1. The number of rotatable bonds is 2. The molecule has 0 unspecified atom stereocenters. The van der Waals surface area contributed by atoms with Crippen LogP contribution in [-0.2, 0) is 6.18 Å². The van der Waals surface area contributed by atoms with Crippen molar-refractivity contribution in [1.29, 1.82) is 0 Å². The van der Waals surface area contributed by atoms with Crippen molar-refractivity contribution in [3.8, 4) is 0 Å². The van der Waals surface area contributed by atoms with Crippen LogP contribution in [0.2, 0.25) is 0 Å². The van der Waals surface area contributed by atoms with Crippen molar-refractivity contribution in [2.24, 2.45) is 0 Å². The zero-order valence-corrected chi connectivity index (χ0v) is 10.7. The molecule has 2 nitrogen and oxygen atoms in total. The summed E-state index contributed by atoms with van der Waals surface area (Å²) in [5, 5.41) is 0. The Morgan fingerprint density at radius 3 is 2.20 bits per heavy atom. The van der Waals surface area contributed by atoms with Gasteiger partial charge in [-0.3, -0.25) is 4.79 Å². The predicted molar refractivity (Wildman–Crippen MR) is 70.5 cm³/mol. The highest BCUT2D eigenvalue weighted by Gasteiger charge is 2.31.